The number of anilines is 1. The van der Waals surface area contributed by atoms with Crippen LogP contribution >= 0.6 is 0 Å². The second kappa shape index (κ2) is 6.12. The Labute approximate surface area is 142 Å². The number of rotatable bonds is 4. The quantitative estimate of drug-likeness (QED) is 0.596. The lowest BCUT2D eigenvalue weighted by atomic mass is 10.1. The molecule has 4 aromatic rings. The maximum Gasteiger partial charge on any atom is 0.277 e. The van der Waals surface area contributed by atoms with E-state index in [1.54, 1.807) is 31.5 Å². The summed E-state index contributed by atoms with van der Waals surface area (Å²) in [5.74, 6) is 0.710. The molecule has 0 aliphatic heterocycles. The van der Waals surface area contributed by atoms with Gasteiger partial charge in [-0.05, 0) is 30.3 Å². The number of nitrogens with one attached hydrogen (secondary N) is 2. The van der Waals surface area contributed by atoms with Crippen molar-refractivity contribution in [2.45, 2.75) is 0 Å². The van der Waals surface area contributed by atoms with E-state index in [9.17, 15) is 4.79 Å². The number of ether oxygens (including phenoxy) is 1. The molecule has 0 bridgehead atoms. The SMILES string of the molecule is COc1ccccc1NC(=O)c1cc(-c2ccc3[nH]ncc3c2)on1. The monoisotopic (exact) mass is 334 g/mol. The van der Waals surface area contributed by atoms with Crippen LogP contribution in [0.5, 0.6) is 5.75 Å². The largest absolute Gasteiger partial charge is 0.495 e. The molecule has 0 aliphatic rings. The van der Waals surface area contributed by atoms with E-state index in [-0.39, 0.29) is 11.6 Å². The fraction of sp³-hybridized carbons (Fsp3) is 0.0556. The van der Waals surface area contributed by atoms with Crippen molar-refractivity contribution in [1.82, 2.24) is 15.4 Å². The number of amides is 1. The average molecular weight is 334 g/mol. The Morgan fingerprint density at radius 3 is 2.96 bits per heavy atom. The van der Waals surface area contributed by atoms with Gasteiger partial charge < -0.3 is 14.6 Å². The number of nitrogens with zero attached hydrogens (tertiary/aromatic N) is 2. The van der Waals surface area contributed by atoms with E-state index in [0.717, 1.165) is 16.5 Å². The molecule has 1 amide bonds. The van der Waals surface area contributed by atoms with Gasteiger partial charge in [0.05, 0.1) is 24.5 Å². The van der Waals surface area contributed by atoms with E-state index >= 15 is 0 Å². The van der Waals surface area contributed by atoms with Crippen LogP contribution in [0, 0.1) is 0 Å². The van der Waals surface area contributed by atoms with Gasteiger partial charge in [0, 0.05) is 17.0 Å². The van der Waals surface area contributed by atoms with Gasteiger partial charge in [0.15, 0.2) is 11.5 Å². The smallest absolute Gasteiger partial charge is 0.277 e. The van der Waals surface area contributed by atoms with Gasteiger partial charge in [-0.2, -0.15) is 5.10 Å². The Kier molecular flexibility index (Phi) is 3.66. The maximum atomic E-state index is 12.4. The van der Waals surface area contributed by atoms with Gasteiger partial charge in [0.25, 0.3) is 5.91 Å². The number of aromatic amines is 1. The highest BCUT2D eigenvalue weighted by Gasteiger charge is 2.15. The number of carbonyl (C=O) groups is 1. The highest BCUT2D eigenvalue weighted by Crippen LogP contribution is 2.26. The number of benzene rings is 2. The van der Waals surface area contributed by atoms with Crippen molar-refractivity contribution >= 4 is 22.5 Å². The molecule has 124 valence electrons. The lowest BCUT2D eigenvalue weighted by Gasteiger charge is -2.08. The molecule has 0 saturated carbocycles. The molecule has 0 radical (unpaired) electrons. The van der Waals surface area contributed by atoms with Crippen LogP contribution in [0.15, 0.2) is 59.3 Å². The van der Waals surface area contributed by atoms with Crippen molar-refractivity contribution in [3.63, 3.8) is 0 Å². The summed E-state index contributed by atoms with van der Waals surface area (Å²) >= 11 is 0. The molecule has 2 N–H and O–H groups in total. The fourth-order valence-electron chi connectivity index (χ4n) is 2.55. The third kappa shape index (κ3) is 2.83. The highest BCUT2D eigenvalue weighted by molar-refractivity contribution is 6.04. The van der Waals surface area contributed by atoms with Crippen molar-refractivity contribution in [2.75, 3.05) is 12.4 Å². The summed E-state index contributed by atoms with van der Waals surface area (Å²) < 4.78 is 10.5. The first-order chi connectivity index (χ1) is 12.2. The summed E-state index contributed by atoms with van der Waals surface area (Å²) in [6, 6.07) is 14.5. The van der Waals surface area contributed by atoms with Gasteiger partial charge in [-0.15, -0.1) is 0 Å². The lowest BCUT2D eigenvalue weighted by molar-refractivity contribution is 0.101. The van der Waals surface area contributed by atoms with E-state index in [1.807, 2.05) is 30.3 Å². The van der Waals surface area contributed by atoms with Crippen LogP contribution in [0.25, 0.3) is 22.2 Å². The number of fused-ring (bicyclic) bond motifs is 1. The molecule has 0 unspecified atom stereocenters. The normalized spacial score (nSPS) is 10.8. The maximum absolute atomic E-state index is 12.4. The first kappa shape index (κ1) is 14.9. The average Bonchev–Trinajstić information content (AvgIpc) is 3.30. The molecule has 0 atom stereocenters. The van der Waals surface area contributed by atoms with Crippen molar-refractivity contribution in [2.24, 2.45) is 0 Å². The van der Waals surface area contributed by atoms with Crippen LogP contribution in [0.3, 0.4) is 0 Å². The summed E-state index contributed by atoms with van der Waals surface area (Å²) in [5, 5.41) is 14.5. The molecule has 2 aromatic heterocycles. The Bertz CT molecular complexity index is 1050. The molecule has 0 aliphatic carbocycles. The minimum absolute atomic E-state index is 0.188. The first-order valence-corrected chi connectivity index (χ1v) is 7.59. The lowest BCUT2D eigenvalue weighted by Crippen LogP contribution is -2.12. The molecule has 4 rings (SSSR count). The molecular formula is C18H14N4O3. The van der Waals surface area contributed by atoms with Crippen LogP contribution < -0.4 is 10.1 Å². The third-order valence-corrected chi connectivity index (χ3v) is 3.82. The van der Waals surface area contributed by atoms with Gasteiger partial charge in [0.1, 0.15) is 5.75 Å². The predicted molar refractivity (Wildman–Crippen MR) is 92.5 cm³/mol. The standard InChI is InChI=1S/C18H14N4O3/c1-24-16-5-3-2-4-14(16)20-18(23)15-9-17(25-22-15)11-6-7-13-12(8-11)10-19-21-13/h2-10H,1H3,(H,19,21)(H,20,23). The molecular weight excluding hydrogens is 320 g/mol. The van der Waals surface area contributed by atoms with Crippen LogP contribution in [0.2, 0.25) is 0 Å². The molecule has 25 heavy (non-hydrogen) atoms. The molecule has 2 aromatic carbocycles. The number of carbonyl (C=O) groups excluding carboxylic acids is 1. The first-order valence-electron chi connectivity index (χ1n) is 7.59. The molecule has 0 spiro atoms. The molecule has 2 heterocycles. The zero-order valence-corrected chi connectivity index (χ0v) is 13.3. The number of hydrogen-bond acceptors (Lipinski definition) is 5. The van der Waals surface area contributed by atoms with Crippen LogP contribution in [-0.4, -0.2) is 28.4 Å². The second-order valence-electron chi connectivity index (χ2n) is 5.40. The molecule has 7 nitrogen and oxygen atoms in total. The van der Waals surface area contributed by atoms with E-state index in [2.05, 4.69) is 20.7 Å². The van der Waals surface area contributed by atoms with Crippen LogP contribution in [0.4, 0.5) is 5.69 Å². The number of H-pyrrole nitrogens is 1. The molecule has 0 fully saturated rings. The van der Waals surface area contributed by atoms with Gasteiger partial charge in [-0.25, -0.2) is 0 Å². The Balaban J connectivity index is 1.59. The fourth-order valence-corrected chi connectivity index (χ4v) is 2.55. The minimum Gasteiger partial charge on any atom is -0.495 e. The van der Waals surface area contributed by atoms with Crippen molar-refractivity contribution in [3.05, 3.63) is 60.4 Å². The topological polar surface area (TPSA) is 93.0 Å². The van der Waals surface area contributed by atoms with Crippen LogP contribution in [-0.2, 0) is 0 Å². The van der Waals surface area contributed by atoms with Gasteiger partial charge in [-0.3, -0.25) is 9.89 Å². The van der Waals surface area contributed by atoms with Gasteiger partial charge in [0.2, 0.25) is 0 Å². The summed E-state index contributed by atoms with van der Waals surface area (Å²) in [6.07, 6.45) is 1.73. The van der Waals surface area contributed by atoms with Gasteiger partial charge >= 0.3 is 0 Å². The van der Waals surface area contributed by atoms with E-state index in [4.69, 9.17) is 9.26 Å². The van der Waals surface area contributed by atoms with Crippen molar-refractivity contribution in [1.29, 1.82) is 0 Å². The summed E-state index contributed by atoms with van der Waals surface area (Å²) in [4.78, 5) is 12.4. The number of hydrogen-bond donors (Lipinski definition) is 2. The van der Waals surface area contributed by atoms with E-state index in [1.165, 1.54) is 0 Å². The number of para-hydroxylation sites is 2. The summed E-state index contributed by atoms with van der Waals surface area (Å²) in [6.45, 7) is 0. The third-order valence-electron chi connectivity index (χ3n) is 3.82. The minimum atomic E-state index is -0.371. The summed E-state index contributed by atoms with van der Waals surface area (Å²) in [7, 11) is 1.55. The Hall–Kier alpha value is -3.61. The van der Waals surface area contributed by atoms with E-state index < -0.39 is 0 Å². The summed E-state index contributed by atoms with van der Waals surface area (Å²) in [5.41, 5.74) is 2.50. The van der Waals surface area contributed by atoms with E-state index in [0.29, 0.717) is 17.2 Å². The van der Waals surface area contributed by atoms with Gasteiger partial charge in [-0.1, -0.05) is 17.3 Å². The van der Waals surface area contributed by atoms with Crippen molar-refractivity contribution in [3.8, 4) is 17.1 Å². The highest BCUT2D eigenvalue weighted by atomic mass is 16.5. The Morgan fingerprint density at radius 1 is 1.20 bits per heavy atom. The molecule has 0 saturated heterocycles. The molecule has 7 heteroatoms. The second-order valence-corrected chi connectivity index (χ2v) is 5.40. The van der Waals surface area contributed by atoms with Crippen LogP contribution in [0.1, 0.15) is 10.5 Å². The van der Waals surface area contributed by atoms with Crippen molar-refractivity contribution < 1.29 is 14.1 Å². The zero-order chi connectivity index (χ0) is 17.2. The zero-order valence-electron chi connectivity index (χ0n) is 13.3. The Morgan fingerprint density at radius 2 is 2.08 bits per heavy atom. The predicted octanol–water partition coefficient (Wildman–Crippen LogP) is 3.48. The number of methoxy groups -OCH3 is 1. The number of aromatic nitrogens is 3.